The number of pyridine rings is 1. The summed E-state index contributed by atoms with van der Waals surface area (Å²) in [5.41, 5.74) is 0.611. The molecule has 0 saturated carbocycles. The van der Waals surface area contributed by atoms with Gasteiger partial charge in [-0.2, -0.15) is 13.2 Å². The lowest BCUT2D eigenvalue weighted by Gasteiger charge is -2.12. The molecule has 1 aliphatic rings. The lowest BCUT2D eigenvalue weighted by molar-refractivity contribution is -0.154. The van der Waals surface area contributed by atoms with Gasteiger partial charge in [-0.1, -0.05) is 18.2 Å². The summed E-state index contributed by atoms with van der Waals surface area (Å²) >= 11 is 0. The minimum absolute atomic E-state index is 0.0475. The van der Waals surface area contributed by atoms with E-state index in [1.165, 1.54) is 24.4 Å². The number of sulfonamides is 1. The number of carbonyl (C=O) groups is 1. The Bertz CT molecular complexity index is 1050. The number of nitrogens with zero attached hydrogens (tertiary/aromatic N) is 2. The fourth-order valence-electron chi connectivity index (χ4n) is 2.49. The molecule has 1 aliphatic heterocycles. The first-order valence-corrected chi connectivity index (χ1v) is 9.71. The highest BCUT2D eigenvalue weighted by Crippen LogP contribution is 2.22. The number of aliphatic imine (C=N–C) groups is 1. The predicted molar refractivity (Wildman–Crippen MR) is 95.8 cm³/mol. The van der Waals surface area contributed by atoms with Crippen molar-refractivity contribution < 1.29 is 31.1 Å². The quantitative estimate of drug-likeness (QED) is 0.723. The maximum absolute atomic E-state index is 12.3. The molecule has 1 aromatic carbocycles. The molecule has 0 atom stereocenters. The second-order valence-electron chi connectivity index (χ2n) is 5.91. The molecular formula is C17H15F3N4O4S. The van der Waals surface area contributed by atoms with Gasteiger partial charge in [0.05, 0.1) is 4.90 Å². The van der Waals surface area contributed by atoms with Gasteiger partial charge in [0, 0.05) is 23.9 Å². The fourth-order valence-corrected chi connectivity index (χ4v) is 3.74. The monoisotopic (exact) mass is 428 g/mol. The number of amidine groups is 1. The molecule has 0 fully saturated rings. The Morgan fingerprint density at radius 1 is 1.21 bits per heavy atom. The van der Waals surface area contributed by atoms with E-state index in [2.05, 4.69) is 24.8 Å². The van der Waals surface area contributed by atoms with Gasteiger partial charge in [0.1, 0.15) is 12.4 Å². The third-order valence-electron chi connectivity index (χ3n) is 3.74. The summed E-state index contributed by atoms with van der Waals surface area (Å²) in [7, 11) is -3.71. The number of benzene rings is 1. The number of fused-ring (bicyclic) bond motifs is 1. The number of hydrogen-bond donors (Lipinski definition) is 2. The van der Waals surface area contributed by atoms with E-state index in [9.17, 15) is 26.4 Å². The van der Waals surface area contributed by atoms with Crippen molar-refractivity contribution in [1.29, 1.82) is 0 Å². The summed E-state index contributed by atoms with van der Waals surface area (Å²) in [6, 6.07) is 9.15. The van der Waals surface area contributed by atoms with Crippen molar-refractivity contribution in [3.63, 3.8) is 0 Å². The van der Waals surface area contributed by atoms with Crippen molar-refractivity contribution in [1.82, 2.24) is 15.0 Å². The Hall–Kier alpha value is -3.15. The number of aromatic nitrogens is 1. The Morgan fingerprint density at radius 2 is 1.97 bits per heavy atom. The highest BCUT2D eigenvalue weighted by molar-refractivity contribution is 7.90. The smallest absolute Gasteiger partial charge is 0.422 e. The summed E-state index contributed by atoms with van der Waals surface area (Å²) in [5.74, 6) is -0.757. The Labute approximate surface area is 163 Å². The summed E-state index contributed by atoms with van der Waals surface area (Å²) in [6.45, 7) is -2.02. The Morgan fingerprint density at radius 3 is 2.72 bits per heavy atom. The minimum atomic E-state index is -4.51. The van der Waals surface area contributed by atoms with Gasteiger partial charge < -0.3 is 10.1 Å². The average molecular weight is 428 g/mol. The van der Waals surface area contributed by atoms with Crippen LogP contribution in [0.4, 0.5) is 13.2 Å². The molecule has 1 amide bonds. The predicted octanol–water partition coefficient (Wildman–Crippen LogP) is 1.38. The molecule has 8 nitrogen and oxygen atoms in total. The molecule has 0 unspecified atom stereocenters. The summed E-state index contributed by atoms with van der Waals surface area (Å²) in [6.07, 6.45) is -3.24. The molecule has 12 heteroatoms. The van der Waals surface area contributed by atoms with Gasteiger partial charge in [-0.3, -0.25) is 14.5 Å². The topological polar surface area (TPSA) is 110 Å². The number of alkyl halides is 3. The van der Waals surface area contributed by atoms with Gasteiger partial charge in [-0.25, -0.2) is 13.4 Å². The van der Waals surface area contributed by atoms with E-state index in [1.807, 2.05) is 0 Å². The van der Waals surface area contributed by atoms with Crippen molar-refractivity contribution in [2.75, 3.05) is 13.2 Å². The van der Waals surface area contributed by atoms with Crippen LogP contribution in [-0.2, 0) is 21.4 Å². The fraction of sp³-hybridized carbons (Fsp3) is 0.235. The van der Waals surface area contributed by atoms with E-state index in [4.69, 9.17) is 0 Å². The molecule has 0 bridgehead atoms. The number of amides is 1. The van der Waals surface area contributed by atoms with E-state index in [-0.39, 0.29) is 35.3 Å². The maximum Gasteiger partial charge on any atom is 0.422 e. The zero-order chi connectivity index (χ0) is 21.1. The number of nitrogens with one attached hydrogen (secondary N) is 2. The molecule has 0 saturated heterocycles. The Kier molecular flexibility index (Phi) is 5.73. The van der Waals surface area contributed by atoms with Crippen LogP contribution < -0.4 is 14.8 Å². The molecule has 2 N–H and O–H groups in total. The molecule has 1 aromatic heterocycles. The van der Waals surface area contributed by atoms with Gasteiger partial charge in [-0.05, 0) is 18.2 Å². The van der Waals surface area contributed by atoms with Crippen LogP contribution in [0.3, 0.4) is 0 Å². The molecular weight excluding hydrogens is 413 g/mol. The van der Waals surface area contributed by atoms with Crippen molar-refractivity contribution in [3.05, 3.63) is 53.7 Å². The standard InChI is InChI=1S/C17H15F3N4O4S/c18-17(19,20)10-28-16-11(4-3-7-21-16)8-22-14(25)9-23-15-12-5-1-2-6-13(12)29(26,27)24-15/h1-7H,8-10H2,(H,22,25)(H,23,24). The van der Waals surface area contributed by atoms with E-state index >= 15 is 0 Å². The Balaban J connectivity index is 1.61. The van der Waals surface area contributed by atoms with E-state index in [0.29, 0.717) is 5.56 Å². The molecule has 154 valence electrons. The van der Waals surface area contributed by atoms with Gasteiger partial charge in [0.25, 0.3) is 10.0 Å². The number of carbonyl (C=O) groups excluding carboxylic acids is 1. The average Bonchev–Trinajstić information content (AvgIpc) is 2.94. The van der Waals surface area contributed by atoms with Crippen LogP contribution in [0, 0.1) is 0 Å². The molecule has 29 heavy (non-hydrogen) atoms. The molecule has 0 spiro atoms. The zero-order valence-corrected chi connectivity index (χ0v) is 15.5. The molecule has 0 radical (unpaired) electrons. The SMILES string of the molecule is O=C(CN=C1NS(=O)(=O)c2ccccc21)NCc1cccnc1OCC(F)(F)F. The lowest BCUT2D eigenvalue weighted by atomic mass is 10.2. The second kappa shape index (κ2) is 8.07. The summed E-state index contributed by atoms with van der Waals surface area (Å²) in [4.78, 5) is 19.8. The second-order valence-corrected chi connectivity index (χ2v) is 7.57. The highest BCUT2D eigenvalue weighted by atomic mass is 32.2. The van der Waals surface area contributed by atoms with Crippen molar-refractivity contribution >= 4 is 21.8 Å². The van der Waals surface area contributed by atoms with Gasteiger partial charge in [0.2, 0.25) is 11.8 Å². The van der Waals surface area contributed by atoms with Crippen LogP contribution in [0.2, 0.25) is 0 Å². The maximum atomic E-state index is 12.3. The third kappa shape index (κ3) is 5.22. The summed E-state index contributed by atoms with van der Waals surface area (Å²) in [5, 5.41) is 2.48. The van der Waals surface area contributed by atoms with Gasteiger partial charge in [0.15, 0.2) is 6.61 Å². The van der Waals surface area contributed by atoms with Gasteiger partial charge >= 0.3 is 6.18 Å². The first-order chi connectivity index (χ1) is 13.7. The first-order valence-electron chi connectivity index (χ1n) is 8.22. The van der Waals surface area contributed by atoms with Gasteiger partial charge in [-0.15, -0.1) is 0 Å². The van der Waals surface area contributed by atoms with Crippen molar-refractivity contribution in [2.24, 2.45) is 4.99 Å². The first kappa shape index (κ1) is 20.6. The third-order valence-corrected chi connectivity index (χ3v) is 5.14. The van der Waals surface area contributed by atoms with Crippen LogP contribution in [0.15, 0.2) is 52.5 Å². The minimum Gasteiger partial charge on any atom is -0.468 e. The van der Waals surface area contributed by atoms with Crippen LogP contribution in [0.5, 0.6) is 5.88 Å². The molecule has 2 heterocycles. The van der Waals surface area contributed by atoms with Crippen LogP contribution in [-0.4, -0.2) is 44.5 Å². The molecule has 0 aliphatic carbocycles. The largest absolute Gasteiger partial charge is 0.468 e. The number of rotatable bonds is 6. The normalized spacial score (nSPS) is 16.2. The summed E-state index contributed by atoms with van der Waals surface area (Å²) < 4.78 is 67.8. The molecule has 2 aromatic rings. The lowest BCUT2D eigenvalue weighted by Crippen LogP contribution is -2.28. The number of hydrogen-bond acceptors (Lipinski definition) is 6. The van der Waals surface area contributed by atoms with Crippen molar-refractivity contribution in [2.45, 2.75) is 17.6 Å². The van der Waals surface area contributed by atoms with E-state index in [1.54, 1.807) is 18.2 Å². The zero-order valence-electron chi connectivity index (χ0n) is 14.7. The van der Waals surface area contributed by atoms with Crippen LogP contribution >= 0.6 is 0 Å². The van der Waals surface area contributed by atoms with Crippen LogP contribution in [0.1, 0.15) is 11.1 Å². The van der Waals surface area contributed by atoms with E-state index in [0.717, 1.165) is 0 Å². The highest BCUT2D eigenvalue weighted by Gasteiger charge is 2.30. The number of ether oxygens (including phenoxy) is 1. The van der Waals surface area contributed by atoms with Crippen LogP contribution in [0.25, 0.3) is 0 Å². The van der Waals surface area contributed by atoms with E-state index < -0.39 is 28.7 Å². The molecule has 3 rings (SSSR count). The van der Waals surface area contributed by atoms with Crippen molar-refractivity contribution in [3.8, 4) is 5.88 Å². The number of halogens is 3.